The molecule has 0 aliphatic rings. The van der Waals surface area contributed by atoms with Crippen molar-refractivity contribution in [2.45, 2.75) is 6.42 Å². The Labute approximate surface area is 115 Å². The Hall–Kier alpha value is -2.76. The van der Waals surface area contributed by atoms with Gasteiger partial charge in [-0.25, -0.2) is 9.67 Å². The Balaban J connectivity index is 1.80. The Morgan fingerprint density at radius 3 is 2.70 bits per heavy atom. The second-order valence-corrected chi connectivity index (χ2v) is 4.38. The summed E-state index contributed by atoms with van der Waals surface area (Å²) >= 11 is 0. The number of aryl methyl sites for hydroxylation is 1. The van der Waals surface area contributed by atoms with Crippen LogP contribution in [0.25, 0.3) is 5.69 Å². The molecule has 0 spiro atoms. The number of carbonyl (C=O) groups excluding carboxylic acids is 1. The number of benzene rings is 1. The highest BCUT2D eigenvalue weighted by molar-refractivity contribution is 5.95. The van der Waals surface area contributed by atoms with Crippen LogP contribution in [-0.4, -0.2) is 30.3 Å². The summed E-state index contributed by atoms with van der Waals surface area (Å²) < 4.78 is 3.27. The van der Waals surface area contributed by atoms with Gasteiger partial charge in [0.15, 0.2) is 5.78 Å². The maximum absolute atomic E-state index is 12.2. The van der Waals surface area contributed by atoms with Crippen LogP contribution < -0.4 is 0 Å². The number of carbonyl (C=O) groups is 1. The number of ketones is 1. The van der Waals surface area contributed by atoms with Crippen LogP contribution in [0.3, 0.4) is 0 Å². The molecule has 20 heavy (non-hydrogen) atoms. The van der Waals surface area contributed by atoms with Gasteiger partial charge in [-0.2, -0.15) is 10.2 Å². The summed E-state index contributed by atoms with van der Waals surface area (Å²) in [7, 11) is 1.76. The molecule has 0 saturated carbocycles. The Bertz CT molecular complexity index is 729. The van der Waals surface area contributed by atoms with Gasteiger partial charge in [0.1, 0.15) is 17.8 Å². The van der Waals surface area contributed by atoms with E-state index in [1.54, 1.807) is 28.7 Å². The summed E-state index contributed by atoms with van der Waals surface area (Å²) in [4.78, 5) is 16.2. The fraction of sp³-hybridized carbons (Fsp3) is 0.143. The van der Waals surface area contributed by atoms with Crippen LogP contribution in [0.5, 0.6) is 0 Å². The summed E-state index contributed by atoms with van der Waals surface area (Å²) in [6.07, 6.45) is 3.41. The molecule has 3 rings (SSSR count). The van der Waals surface area contributed by atoms with E-state index in [9.17, 15) is 4.79 Å². The topological polar surface area (TPSA) is 65.6 Å². The molecule has 1 aromatic carbocycles. The van der Waals surface area contributed by atoms with Gasteiger partial charge in [0.25, 0.3) is 0 Å². The smallest absolute Gasteiger partial charge is 0.190 e. The normalized spacial score (nSPS) is 10.7. The first-order valence-electron chi connectivity index (χ1n) is 6.21. The van der Waals surface area contributed by atoms with Gasteiger partial charge in [-0.15, -0.1) is 0 Å². The lowest BCUT2D eigenvalue weighted by Crippen LogP contribution is -2.10. The molecule has 0 N–H and O–H groups in total. The lowest BCUT2D eigenvalue weighted by atomic mass is 10.2. The average molecular weight is 267 g/mol. The minimum Gasteiger partial charge on any atom is -0.292 e. The molecule has 0 unspecified atom stereocenters. The number of para-hydroxylation sites is 1. The highest BCUT2D eigenvalue weighted by Crippen LogP contribution is 2.08. The predicted octanol–water partition coefficient (Wildman–Crippen LogP) is 1.43. The molecule has 3 aromatic rings. The number of rotatable bonds is 4. The van der Waals surface area contributed by atoms with Crippen LogP contribution >= 0.6 is 0 Å². The van der Waals surface area contributed by atoms with Crippen LogP contribution in [0.2, 0.25) is 0 Å². The van der Waals surface area contributed by atoms with E-state index < -0.39 is 0 Å². The van der Waals surface area contributed by atoms with Crippen molar-refractivity contribution in [3.05, 3.63) is 60.4 Å². The molecular formula is C14H13N5O. The summed E-state index contributed by atoms with van der Waals surface area (Å²) in [5.74, 6) is 0.556. The van der Waals surface area contributed by atoms with E-state index in [2.05, 4.69) is 15.2 Å². The van der Waals surface area contributed by atoms with E-state index in [-0.39, 0.29) is 12.2 Å². The minimum absolute atomic E-state index is 0.0734. The minimum atomic E-state index is -0.0734. The molecular weight excluding hydrogens is 254 g/mol. The first-order valence-corrected chi connectivity index (χ1v) is 6.21. The van der Waals surface area contributed by atoms with Gasteiger partial charge < -0.3 is 0 Å². The van der Waals surface area contributed by atoms with Crippen LogP contribution in [-0.2, 0) is 13.5 Å². The fourth-order valence-electron chi connectivity index (χ4n) is 1.91. The molecule has 0 radical (unpaired) electrons. The van der Waals surface area contributed by atoms with E-state index in [1.165, 1.54) is 6.33 Å². The van der Waals surface area contributed by atoms with Crippen LogP contribution in [0.4, 0.5) is 0 Å². The van der Waals surface area contributed by atoms with Gasteiger partial charge in [-0.3, -0.25) is 9.48 Å². The summed E-state index contributed by atoms with van der Waals surface area (Å²) in [6.45, 7) is 0. The Morgan fingerprint density at radius 2 is 2.00 bits per heavy atom. The van der Waals surface area contributed by atoms with E-state index in [1.807, 2.05) is 30.3 Å². The lowest BCUT2D eigenvalue weighted by molar-refractivity contribution is 0.0984. The van der Waals surface area contributed by atoms with Crippen LogP contribution in [0.1, 0.15) is 16.3 Å². The largest absolute Gasteiger partial charge is 0.292 e. The van der Waals surface area contributed by atoms with E-state index in [0.29, 0.717) is 11.5 Å². The standard InChI is InChI=1S/C14H13N5O/c1-18-14(15-10-16-18)9-13(20)12-7-8-19(17-12)11-5-3-2-4-6-11/h2-8,10H,9H2,1H3. The van der Waals surface area contributed by atoms with Crippen LogP contribution in [0, 0.1) is 0 Å². The van der Waals surface area contributed by atoms with Crippen molar-refractivity contribution in [3.63, 3.8) is 0 Å². The van der Waals surface area contributed by atoms with Crippen molar-refractivity contribution in [2.24, 2.45) is 7.05 Å². The zero-order valence-electron chi connectivity index (χ0n) is 11.0. The summed E-state index contributed by atoms with van der Waals surface area (Å²) in [6, 6.07) is 11.4. The molecule has 0 aliphatic carbocycles. The van der Waals surface area contributed by atoms with Gasteiger partial charge in [0.05, 0.1) is 12.1 Å². The van der Waals surface area contributed by atoms with E-state index in [4.69, 9.17) is 0 Å². The number of nitrogens with zero attached hydrogens (tertiary/aromatic N) is 5. The monoisotopic (exact) mass is 267 g/mol. The molecule has 6 nitrogen and oxygen atoms in total. The quantitative estimate of drug-likeness (QED) is 0.671. The third-order valence-electron chi connectivity index (χ3n) is 3.02. The zero-order chi connectivity index (χ0) is 13.9. The van der Waals surface area contributed by atoms with Crippen LogP contribution in [0.15, 0.2) is 48.9 Å². The lowest BCUT2D eigenvalue weighted by Gasteiger charge is -2.00. The van der Waals surface area contributed by atoms with Gasteiger partial charge in [0, 0.05) is 13.2 Å². The highest BCUT2D eigenvalue weighted by atomic mass is 16.1. The first-order chi connectivity index (χ1) is 9.74. The number of Topliss-reactive ketones (excluding diaryl/α,β-unsaturated/α-hetero) is 1. The molecule has 100 valence electrons. The molecule has 0 aliphatic heterocycles. The molecule has 0 fully saturated rings. The van der Waals surface area contributed by atoms with E-state index in [0.717, 1.165) is 5.69 Å². The Morgan fingerprint density at radius 1 is 1.20 bits per heavy atom. The number of aromatic nitrogens is 5. The molecule has 0 amide bonds. The fourth-order valence-corrected chi connectivity index (χ4v) is 1.91. The third kappa shape index (κ3) is 2.35. The summed E-state index contributed by atoms with van der Waals surface area (Å²) in [5, 5.41) is 8.24. The average Bonchev–Trinajstić information content (AvgIpc) is 3.10. The van der Waals surface area contributed by atoms with E-state index >= 15 is 0 Å². The zero-order valence-corrected chi connectivity index (χ0v) is 11.0. The second-order valence-electron chi connectivity index (χ2n) is 4.38. The SMILES string of the molecule is Cn1ncnc1CC(=O)c1ccn(-c2ccccc2)n1. The molecule has 0 saturated heterocycles. The molecule has 0 atom stereocenters. The van der Waals surface area contributed by atoms with Gasteiger partial charge in [-0.1, -0.05) is 18.2 Å². The number of hydrogen-bond acceptors (Lipinski definition) is 4. The number of hydrogen-bond donors (Lipinski definition) is 0. The first kappa shape index (κ1) is 12.3. The van der Waals surface area contributed by atoms with Gasteiger partial charge >= 0.3 is 0 Å². The molecule has 2 heterocycles. The van der Waals surface area contributed by atoms with Crippen molar-refractivity contribution in [1.29, 1.82) is 0 Å². The third-order valence-corrected chi connectivity index (χ3v) is 3.02. The maximum atomic E-state index is 12.2. The van der Waals surface area contributed by atoms with Crippen molar-refractivity contribution >= 4 is 5.78 Å². The molecule has 2 aromatic heterocycles. The van der Waals surface area contributed by atoms with Gasteiger partial charge in [-0.05, 0) is 18.2 Å². The van der Waals surface area contributed by atoms with Crippen molar-refractivity contribution in [3.8, 4) is 5.69 Å². The molecule has 0 bridgehead atoms. The molecule has 6 heteroatoms. The predicted molar refractivity (Wildman–Crippen MR) is 72.6 cm³/mol. The van der Waals surface area contributed by atoms with Gasteiger partial charge in [0.2, 0.25) is 0 Å². The second kappa shape index (κ2) is 5.08. The van der Waals surface area contributed by atoms with Crippen molar-refractivity contribution in [2.75, 3.05) is 0 Å². The Kier molecular flexibility index (Phi) is 3.12. The van der Waals surface area contributed by atoms with Crippen molar-refractivity contribution in [1.82, 2.24) is 24.5 Å². The highest BCUT2D eigenvalue weighted by Gasteiger charge is 2.13. The maximum Gasteiger partial charge on any atom is 0.190 e. The summed E-state index contributed by atoms with van der Waals surface area (Å²) in [5.41, 5.74) is 1.35. The van der Waals surface area contributed by atoms with Crippen molar-refractivity contribution < 1.29 is 4.79 Å².